The average Bonchev–Trinajstić information content (AvgIpc) is 2.40. The summed E-state index contributed by atoms with van der Waals surface area (Å²) in [5.41, 5.74) is 0.918. The third-order valence-corrected chi connectivity index (χ3v) is 4.39. The molecule has 0 aromatic heterocycles. The number of unbranched alkanes of at least 4 members (excludes halogenated alkanes) is 1. The SMILES string of the molecule is CCNCCCCS(=O)(=O)NCCc1ccc(F)cc1. The second kappa shape index (κ2) is 9.05. The van der Waals surface area contributed by atoms with E-state index >= 15 is 0 Å². The summed E-state index contributed by atoms with van der Waals surface area (Å²) in [5.74, 6) is -0.128. The molecule has 0 radical (unpaired) electrons. The van der Waals surface area contributed by atoms with Crippen LogP contribution in [0.2, 0.25) is 0 Å². The molecule has 0 amide bonds. The van der Waals surface area contributed by atoms with Crippen molar-refractivity contribution in [2.24, 2.45) is 0 Å². The van der Waals surface area contributed by atoms with Crippen molar-refractivity contribution in [1.82, 2.24) is 10.0 Å². The first kappa shape index (κ1) is 17.1. The Hall–Kier alpha value is -0.980. The van der Waals surface area contributed by atoms with Crippen molar-refractivity contribution in [2.75, 3.05) is 25.4 Å². The highest BCUT2D eigenvalue weighted by atomic mass is 32.2. The topological polar surface area (TPSA) is 58.2 Å². The second-order valence-corrected chi connectivity index (χ2v) is 6.58. The van der Waals surface area contributed by atoms with E-state index in [0.29, 0.717) is 19.4 Å². The van der Waals surface area contributed by atoms with Crippen LogP contribution in [0.4, 0.5) is 4.39 Å². The molecule has 0 bridgehead atoms. The fourth-order valence-electron chi connectivity index (χ4n) is 1.79. The van der Waals surface area contributed by atoms with Gasteiger partial charge in [-0.2, -0.15) is 0 Å². The molecule has 0 saturated carbocycles. The van der Waals surface area contributed by atoms with Gasteiger partial charge in [0, 0.05) is 6.54 Å². The van der Waals surface area contributed by atoms with Gasteiger partial charge in [0.15, 0.2) is 0 Å². The molecule has 114 valence electrons. The Bertz CT molecular complexity index is 474. The number of sulfonamides is 1. The van der Waals surface area contributed by atoms with E-state index in [1.54, 1.807) is 12.1 Å². The quantitative estimate of drug-likeness (QED) is 0.647. The number of hydrogen-bond acceptors (Lipinski definition) is 3. The van der Waals surface area contributed by atoms with Crippen LogP contribution in [0.15, 0.2) is 24.3 Å². The first-order valence-corrected chi connectivity index (χ1v) is 8.61. The van der Waals surface area contributed by atoms with Gasteiger partial charge >= 0.3 is 0 Å². The van der Waals surface area contributed by atoms with E-state index in [4.69, 9.17) is 0 Å². The zero-order valence-corrected chi connectivity index (χ0v) is 12.7. The highest BCUT2D eigenvalue weighted by Gasteiger charge is 2.08. The van der Waals surface area contributed by atoms with Crippen LogP contribution >= 0.6 is 0 Å². The van der Waals surface area contributed by atoms with E-state index < -0.39 is 10.0 Å². The molecule has 2 N–H and O–H groups in total. The summed E-state index contributed by atoms with van der Waals surface area (Å²) in [7, 11) is -3.20. The van der Waals surface area contributed by atoms with Crippen LogP contribution in [0.5, 0.6) is 0 Å². The molecule has 0 spiro atoms. The first-order valence-electron chi connectivity index (χ1n) is 6.96. The Morgan fingerprint density at radius 1 is 1.10 bits per heavy atom. The van der Waals surface area contributed by atoms with Gasteiger partial charge in [0.05, 0.1) is 5.75 Å². The highest BCUT2D eigenvalue weighted by molar-refractivity contribution is 7.89. The summed E-state index contributed by atoms with van der Waals surface area (Å²) >= 11 is 0. The minimum absolute atomic E-state index is 0.155. The Morgan fingerprint density at radius 2 is 1.80 bits per heavy atom. The minimum Gasteiger partial charge on any atom is -0.317 e. The molecule has 0 aliphatic rings. The van der Waals surface area contributed by atoms with E-state index in [0.717, 1.165) is 25.1 Å². The van der Waals surface area contributed by atoms with Gasteiger partial charge in [-0.25, -0.2) is 17.5 Å². The third kappa shape index (κ3) is 7.57. The second-order valence-electron chi connectivity index (χ2n) is 4.65. The molecule has 0 heterocycles. The third-order valence-electron chi connectivity index (χ3n) is 2.92. The summed E-state index contributed by atoms with van der Waals surface area (Å²) in [4.78, 5) is 0. The molecule has 0 unspecified atom stereocenters. The molecular formula is C14H23FN2O2S. The van der Waals surface area contributed by atoms with Crippen LogP contribution < -0.4 is 10.0 Å². The lowest BCUT2D eigenvalue weighted by molar-refractivity contribution is 0.574. The molecule has 1 rings (SSSR count). The fraction of sp³-hybridized carbons (Fsp3) is 0.571. The zero-order valence-electron chi connectivity index (χ0n) is 11.9. The largest absolute Gasteiger partial charge is 0.317 e. The Kier molecular flexibility index (Phi) is 7.72. The number of nitrogens with one attached hydrogen (secondary N) is 2. The standard InChI is InChI=1S/C14H23FN2O2S/c1-2-16-10-3-4-12-20(18,19)17-11-9-13-5-7-14(15)8-6-13/h5-8,16-17H,2-4,9-12H2,1H3. The van der Waals surface area contributed by atoms with Crippen molar-refractivity contribution >= 4 is 10.0 Å². The van der Waals surface area contributed by atoms with Crippen molar-refractivity contribution in [3.05, 3.63) is 35.6 Å². The zero-order chi connectivity index (χ0) is 14.8. The molecule has 4 nitrogen and oxygen atoms in total. The molecule has 0 atom stereocenters. The number of hydrogen-bond donors (Lipinski definition) is 2. The van der Waals surface area contributed by atoms with Gasteiger partial charge in [0.1, 0.15) is 5.82 Å². The van der Waals surface area contributed by atoms with E-state index in [1.807, 2.05) is 6.92 Å². The predicted octanol–water partition coefficient (Wildman–Crippen LogP) is 1.68. The van der Waals surface area contributed by atoms with Crippen LogP contribution in [0, 0.1) is 5.82 Å². The van der Waals surface area contributed by atoms with Gasteiger partial charge in [0.2, 0.25) is 10.0 Å². The van der Waals surface area contributed by atoms with Gasteiger partial charge in [-0.3, -0.25) is 0 Å². The molecule has 6 heteroatoms. The van der Waals surface area contributed by atoms with Crippen LogP contribution in [-0.4, -0.2) is 33.8 Å². The molecule has 1 aromatic rings. The van der Waals surface area contributed by atoms with Crippen LogP contribution in [-0.2, 0) is 16.4 Å². The van der Waals surface area contributed by atoms with Crippen LogP contribution in [0.1, 0.15) is 25.3 Å². The summed E-state index contributed by atoms with van der Waals surface area (Å²) < 4.78 is 38.7. The minimum atomic E-state index is -3.20. The maximum atomic E-state index is 12.7. The van der Waals surface area contributed by atoms with E-state index in [-0.39, 0.29) is 11.6 Å². The number of rotatable bonds is 10. The molecule has 0 fully saturated rings. The highest BCUT2D eigenvalue weighted by Crippen LogP contribution is 2.03. The summed E-state index contributed by atoms with van der Waals surface area (Å²) in [6, 6.07) is 6.09. The van der Waals surface area contributed by atoms with Gasteiger partial charge in [-0.15, -0.1) is 0 Å². The summed E-state index contributed by atoms with van der Waals surface area (Å²) in [6.45, 7) is 4.12. The molecule has 0 aliphatic heterocycles. The molecule has 0 saturated heterocycles. The smallest absolute Gasteiger partial charge is 0.211 e. The maximum Gasteiger partial charge on any atom is 0.211 e. The lowest BCUT2D eigenvalue weighted by atomic mass is 10.1. The van der Waals surface area contributed by atoms with Crippen LogP contribution in [0.3, 0.4) is 0 Å². The van der Waals surface area contributed by atoms with Crippen molar-refractivity contribution < 1.29 is 12.8 Å². The van der Waals surface area contributed by atoms with Gasteiger partial charge in [-0.05, 0) is 50.0 Å². The van der Waals surface area contributed by atoms with E-state index in [1.165, 1.54) is 12.1 Å². The Balaban J connectivity index is 2.20. The number of halogens is 1. The average molecular weight is 302 g/mol. The van der Waals surface area contributed by atoms with Crippen molar-refractivity contribution in [1.29, 1.82) is 0 Å². The fourth-order valence-corrected chi connectivity index (χ4v) is 2.93. The van der Waals surface area contributed by atoms with Gasteiger partial charge < -0.3 is 5.32 Å². The Morgan fingerprint density at radius 3 is 2.45 bits per heavy atom. The first-order chi connectivity index (χ1) is 9.53. The summed E-state index contributed by atoms with van der Waals surface area (Å²) in [6.07, 6.45) is 2.07. The van der Waals surface area contributed by atoms with Crippen LogP contribution in [0.25, 0.3) is 0 Å². The van der Waals surface area contributed by atoms with Crippen molar-refractivity contribution in [3.63, 3.8) is 0 Å². The monoisotopic (exact) mass is 302 g/mol. The maximum absolute atomic E-state index is 12.7. The molecule has 0 aliphatic carbocycles. The Labute approximate surface area is 120 Å². The van der Waals surface area contributed by atoms with E-state index in [9.17, 15) is 12.8 Å². The van der Waals surface area contributed by atoms with Crippen molar-refractivity contribution in [2.45, 2.75) is 26.2 Å². The summed E-state index contributed by atoms with van der Waals surface area (Å²) in [5, 5.41) is 3.16. The molecular weight excluding hydrogens is 279 g/mol. The molecule has 20 heavy (non-hydrogen) atoms. The lowest BCUT2D eigenvalue weighted by Gasteiger charge is -2.07. The number of benzene rings is 1. The van der Waals surface area contributed by atoms with Gasteiger partial charge in [-0.1, -0.05) is 19.1 Å². The lowest BCUT2D eigenvalue weighted by Crippen LogP contribution is -2.28. The van der Waals surface area contributed by atoms with Crippen molar-refractivity contribution in [3.8, 4) is 0 Å². The van der Waals surface area contributed by atoms with Gasteiger partial charge in [0.25, 0.3) is 0 Å². The van der Waals surface area contributed by atoms with E-state index in [2.05, 4.69) is 10.0 Å². The predicted molar refractivity (Wildman–Crippen MR) is 79.7 cm³/mol. The normalized spacial score (nSPS) is 11.7. The molecule has 1 aromatic carbocycles.